The van der Waals surface area contributed by atoms with Crippen LogP contribution in [-0.2, 0) is 24.7 Å². The van der Waals surface area contributed by atoms with E-state index in [-0.39, 0.29) is 0 Å². The second kappa shape index (κ2) is 8.32. The number of nitrogens with one attached hydrogen (secondary N) is 2. The maximum Gasteiger partial charge on any atom is 0.337 e. The third-order valence-electron chi connectivity index (χ3n) is 6.65. The van der Waals surface area contributed by atoms with Gasteiger partial charge >= 0.3 is 12.0 Å². The Balaban J connectivity index is 1.40. The highest BCUT2D eigenvalue weighted by atomic mass is 16.5. The molecule has 0 aliphatic carbocycles. The first-order valence-corrected chi connectivity index (χ1v) is 10.9. The Labute approximate surface area is 195 Å². The maximum atomic E-state index is 13.5. The van der Waals surface area contributed by atoms with E-state index in [0.717, 1.165) is 4.90 Å². The molecule has 3 heterocycles. The number of urea groups is 1. The fraction of sp³-hybridized carbons (Fsp3) is 0.280. The number of carboxylic acid groups (broad SMARTS) is 1. The average Bonchev–Trinajstić information content (AvgIpc) is 3.54. The van der Waals surface area contributed by atoms with Gasteiger partial charge in [0.2, 0.25) is 5.91 Å². The van der Waals surface area contributed by atoms with Crippen molar-refractivity contribution in [2.45, 2.75) is 30.6 Å². The van der Waals surface area contributed by atoms with Gasteiger partial charge in [-0.25, -0.2) is 4.79 Å². The molecule has 3 aliphatic rings. The van der Waals surface area contributed by atoms with Crippen molar-refractivity contribution < 1.29 is 29.0 Å². The van der Waals surface area contributed by atoms with Crippen LogP contribution in [0, 0.1) is 23.9 Å². The number of carboxylic acids is 1. The lowest BCUT2D eigenvalue weighted by atomic mass is 9.79. The van der Waals surface area contributed by atoms with Gasteiger partial charge < -0.3 is 15.2 Å². The number of carbonyl (C=O) groups excluding carboxylic acids is 3. The zero-order valence-electron chi connectivity index (χ0n) is 17.9. The molecule has 5 rings (SSSR count). The molecule has 2 aromatic carbocycles. The number of hydrogen-bond acceptors (Lipinski definition) is 5. The fourth-order valence-corrected chi connectivity index (χ4v) is 5.12. The first kappa shape index (κ1) is 21.7. The van der Waals surface area contributed by atoms with Gasteiger partial charge in [-0.3, -0.25) is 19.7 Å². The van der Waals surface area contributed by atoms with Crippen LogP contribution in [0.25, 0.3) is 0 Å². The molecule has 4 unspecified atom stereocenters. The molecule has 3 fully saturated rings. The SMILES string of the molecule is O=C(O)C1C2CCC(O2)C1C(=O)NC#CN1C(=O)NC(c2ccccc2)(c2ccccc2)C1=O. The average molecular weight is 459 g/mol. The Morgan fingerprint density at radius 1 is 0.971 bits per heavy atom. The number of rotatable bonds is 4. The monoisotopic (exact) mass is 459 g/mol. The number of fused-ring (bicyclic) bond motifs is 2. The van der Waals surface area contributed by atoms with Gasteiger partial charge in [-0.15, -0.1) is 0 Å². The van der Waals surface area contributed by atoms with E-state index in [2.05, 4.69) is 22.7 Å². The number of hydrogen-bond donors (Lipinski definition) is 3. The summed E-state index contributed by atoms with van der Waals surface area (Å²) in [5.41, 5.74) is -0.335. The molecule has 3 aliphatic heterocycles. The highest BCUT2D eigenvalue weighted by molar-refractivity contribution is 6.11. The molecule has 4 amide bonds. The molecule has 3 N–H and O–H groups in total. The third-order valence-corrected chi connectivity index (χ3v) is 6.65. The van der Waals surface area contributed by atoms with Crippen molar-refractivity contribution in [2.24, 2.45) is 11.8 Å². The van der Waals surface area contributed by atoms with E-state index >= 15 is 0 Å². The summed E-state index contributed by atoms with van der Waals surface area (Å²) in [5, 5.41) is 14.6. The van der Waals surface area contributed by atoms with E-state index < -0.39 is 53.4 Å². The first-order valence-electron chi connectivity index (χ1n) is 10.9. The summed E-state index contributed by atoms with van der Waals surface area (Å²) in [4.78, 5) is 51.4. The lowest BCUT2D eigenvalue weighted by Gasteiger charge is -2.27. The van der Waals surface area contributed by atoms with E-state index in [4.69, 9.17) is 4.74 Å². The van der Waals surface area contributed by atoms with Crippen molar-refractivity contribution in [3.05, 3.63) is 71.8 Å². The van der Waals surface area contributed by atoms with Gasteiger partial charge in [-0.1, -0.05) is 60.7 Å². The molecule has 0 spiro atoms. The van der Waals surface area contributed by atoms with Crippen LogP contribution in [0.15, 0.2) is 60.7 Å². The molecule has 4 atom stereocenters. The number of ether oxygens (including phenoxy) is 1. The highest BCUT2D eigenvalue weighted by Crippen LogP contribution is 2.43. The van der Waals surface area contributed by atoms with Crippen LogP contribution in [0.4, 0.5) is 4.79 Å². The van der Waals surface area contributed by atoms with Crippen LogP contribution < -0.4 is 10.6 Å². The van der Waals surface area contributed by atoms with Crippen molar-refractivity contribution in [2.75, 3.05) is 0 Å². The highest BCUT2D eigenvalue weighted by Gasteiger charge is 2.56. The zero-order valence-corrected chi connectivity index (χ0v) is 17.9. The lowest BCUT2D eigenvalue weighted by Crippen LogP contribution is -2.44. The van der Waals surface area contributed by atoms with E-state index in [1.165, 1.54) is 0 Å². The Kier molecular flexibility index (Phi) is 5.30. The molecule has 2 bridgehead atoms. The van der Waals surface area contributed by atoms with Crippen LogP contribution in [0.3, 0.4) is 0 Å². The van der Waals surface area contributed by atoms with Gasteiger partial charge in [-0.05, 0) is 24.0 Å². The predicted molar refractivity (Wildman–Crippen MR) is 117 cm³/mol. The second-order valence-corrected chi connectivity index (χ2v) is 8.46. The number of amides is 4. The fourth-order valence-electron chi connectivity index (χ4n) is 5.12. The zero-order chi connectivity index (χ0) is 23.9. The van der Waals surface area contributed by atoms with Crippen LogP contribution in [0.1, 0.15) is 24.0 Å². The van der Waals surface area contributed by atoms with Crippen molar-refractivity contribution in [3.8, 4) is 12.1 Å². The molecule has 9 nitrogen and oxygen atoms in total. The molecule has 0 saturated carbocycles. The summed E-state index contributed by atoms with van der Waals surface area (Å²) in [7, 11) is 0. The molecule has 0 radical (unpaired) electrons. The summed E-state index contributed by atoms with van der Waals surface area (Å²) in [6.45, 7) is 0. The number of nitrogens with zero attached hydrogens (tertiary/aromatic N) is 1. The first-order chi connectivity index (χ1) is 16.4. The van der Waals surface area contributed by atoms with E-state index in [9.17, 15) is 24.3 Å². The van der Waals surface area contributed by atoms with E-state index in [0.29, 0.717) is 24.0 Å². The Morgan fingerprint density at radius 2 is 1.53 bits per heavy atom. The summed E-state index contributed by atoms with van der Waals surface area (Å²) in [6, 6.07) is 21.7. The third kappa shape index (κ3) is 3.31. The minimum absolute atomic E-state index is 0.478. The number of carbonyl (C=O) groups is 4. The number of aliphatic carboxylic acids is 1. The van der Waals surface area contributed by atoms with Crippen molar-refractivity contribution in [1.82, 2.24) is 15.5 Å². The number of imide groups is 1. The molecule has 9 heteroatoms. The van der Waals surface area contributed by atoms with Crippen LogP contribution in [-0.4, -0.2) is 46.0 Å². The quantitative estimate of drug-likeness (QED) is 0.361. The topological polar surface area (TPSA) is 125 Å². The van der Waals surface area contributed by atoms with Crippen molar-refractivity contribution >= 4 is 23.8 Å². The van der Waals surface area contributed by atoms with Crippen LogP contribution in [0.5, 0.6) is 0 Å². The molecule has 3 saturated heterocycles. The standard InChI is InChI=1S/C25H21N3O6/c29-21(19-17-11-12-18(34-17)20(19)22(30)31)26-13-14-28-23(32)25(27-24(28)33,15-7-3-1-4-8-15)16-9-5-2-6-10-16/h1-10,17-20H,11-12H2,(H,26,29)(H,27,33)(H,30,31). The molecular formula is C25H21N3O6. The summed E-state index contributed by atoms with van der Waals surface area (Å²) in [6.07, 6.45) is 0.229. The lowest BCUT2D eigenvalue weighted by molar-refractivity contribution is -0.147. The minimum Gasteiger partial charge on any atom is -0.481 e. The molecule has 0 aromatic heterocycles. The Hall–Kier alpha value is -4.16. The van der Waals surface area contributed by atoms with Gasteiger partial charge in [0.05, 0.1) is 24.0 Å². The van der Waals surface area contributed by atoms with Crippen LogP contribution >= 0.6 is 0 Å². The van der Waals surface area contributed by atoms with Gasteiger partial charge in [0.1, 0.15) is 0 Å². The van der Waals surface area contributed by atoms with Crippen molar-refractivity contribution in [1.29, 1.82) is 0 Å². The summed E-state index contributed by atoms with van der Waals surface area (Å²) >= 11 is 0. The minimum atomic E-state index is -1.47. The normalized spacial score (nSPS) is 26.5. The molecule has 34 heavy (non-hydrogen) atoms. The van der Waals surface area contributed by atoms with Gasteiger partial charge in [-0.2, -0.15) is 4.90 Å². The predicted octanol–water partition coefficient (Wildman–Crippen LogP) is 1.39. The molecule has 172 valence electrons. The number of benzene rings is 2. The Morgan fingerprint density at radius 3 is 2.09 bits per heavy atom. The van der Waals surface area contributed by atoms with Crippen molar-refractivity contribution in [3.63, 3.8) is 0 Å². The summed E-state index contributed by atoms with van der Waals surface area (Å²) in [5.74, 6) is -4.12. The summed E-state index contributed by atoms with van der Waals surface area (Å²) < 4.78 is 5.60. The largest absolute Gasteiger partial charge is 0.481 e. The molecular weight excluding hydrogens is 438 g/mol. The van der Waals surface area contributed by atoms with Gasteiger partial charge in [0, 0.05) is 12.1 Å². The van der Waals surface area contributed by atoms with Gasteiger partial charge in [0.15, 0.2) is 5.54 Å². The second-order valence-electron chi connectivity index (χ2n) is 8.46. The smallest absolute Gasteiger partial charge is 0.337 e. The molecule has 2 aromatic rings. The van der Waals surface area contributed by atoms with Gasteiger partial charge in [0.25, 0.3) is 5.91 Å². The van der Waals surface area contributed by atoms with E-state index in [1.54, 1.807) is 60.7 Å². The van der Waals surface area contributed by atoms with Crippen LogP contribution in [0.2, 0.25) is 0 Å². The Bertz CT molecular complexity index is 1180. The maximum absolute atomic E-state index is 13.5. The van der Waals surface area contributed by atoms with E-state index in [1.807, 2.05) is 0 Å².